The van der Waals surface area contributed by atoms with Crippen LogP contribution in [-0.4, -0.2) is 47.5 Å². The maximum absolute atomic E-state index is 13.4. The quantitative estimate of drug-likeness (QED) is 0.457. The van der Waals surface area contributed by atoms with Crippen molar-refractivity contribution in [3.63, 3.8) is 0 Å². The largest absolute Gasteiger partial charge is 0.485 e. The van der Waals surface area contributed by atoms with Gasteiger partial charge >= 0.3 is 0 Å². The SMILES string of the molecule is CCC1(CC)CC(=O)N([C@H](CCOC)c2cccc(C(=O)N[C@@H]3c4ccccc4OC3(C)C)c2)C(=N)N1. The molecule has 2 atom stereocenters. The van der Waals surface area contributed by atoms with Crippen LogP contribution in [-0.2, 0) is 9.53 Å². The number of hydrogen-bond acceptors (Lipinski definition) is 5. The lowest BCUT2D eigenvalue weighted by molar-refractivity contribution is -0.133. The van der Waals surface area contributed by atoms with Crippen molar-refractivity contribution in [3.8, 4) is 5.75 Å². The number of hydrogen-bond donors (Lipinski definition) is 3. The number of amides is 2. The number of guanidine groups is 1. The van der Waals surface area contributed by atoms with Crippen LogP contribution in [0.15, 0.2) is 48.5 Å². The van der Waals surface area contributed by atoms with E-state index in [9.17, 15) is 9.59 Å². The fourth-order valence-corrected chi connectivity index (χ4v) is 5.42. The molecule has 3 N–H and O–H groups in total. The van der Waals surface area contributed by atoms with Crippen molar-refractivity contribution in [1.29, 1.82) is 5.41 Å². The van der Waals surface area contributed by atoms with E-state index in [2.05, 4.69) is 10.6 Å². The van der Waals surface area contributed by atoms with Crippen LogP contribution in [0.2, 0.25) is 0 Å². The number of methoxy groups -OCH3 is 1. The van der Waals surface area contributed by atoms with Crippen molar-refractivity contribution in [2.45, 2.75) is 76.6 Å². The normalized spacial score (nSPS) is 20.6. The van der Waals surface area contributed by atoms with Gasteiger partial charge in [-0.2, -0.15) is 0 Å². The number of rotatable bonds is 9. The van der Waals surface area contributed by atoms with Crippen molar-refractivity contribution >= 4 is 17.8 Å². The Hall–Kier alpha value is -3.39. The van der Waals surface area contributed by atoms with Gasteiger partial charge in [0.05, 0.1) is 18.5 Å². The minimum absolute atomic E-state index is 0.0927. The average Bonchev–Trinajstić information content (AvgIpc) is 3.14. The van der Waals surface area contributed by atoms with Crippen LogP contribution in [0, 0.1) is 5.41 Å². The van der Waals surface area contributed by atoms with Gasteiger partial charge < -0.3 is 20.1 Å². The highest BCUT2D eigenvalue weighted by Crippen LogP contribution is 2.43. The number of ether oxygens (including phenoxy) is 2. The predicted octanol–water partition coefficient (Wildman–Crippen LogP) is 4.72. The van der Waals surface area contributed by atoms with Gasteiger partial charge in [0.25, 0.3) is 5.91 Å². The second kappa shape index (κ2) is 10.5. The second-order valence-electron chi connectivity index (χ2n) is 10.5. The number of carbonyl (C=O) groups excluding carboxylic acids is 2. The molecule has 1 saturated heterocycles. The first-order chi connectivity index (χ1) is 17.6. The van der Waals surface area contributed by atoms with Crippen LogP contribution in [0.5, 0.6) is 5.75 Å². The Labute approximate surface area is 219 Å². The summed E-state index contributed by atoms with van der Waals surface area (Å²) >= 11 is 0. The standard InChI is InChI=1S/C29H38N4O4/c1-6-29(7-2)18-24(34)33(27(30)32-29)22(15-16-36-5)19-11-10-12-20(17-19)26(35)31-25-21-13-8-9-14-23(21)37-28(25,3)4/h8-14,17,22,25H,6-7,15-16,18H2,1-5H3,(H2,30,32)(H,31,35)/t22-,25-/m1/s1. The van der Waals surface area contributed by atoms with Gasteiger partial charge in [0.2, 0.25) is 5.91 Å². The van der Waals surface area contributed by atoms with E-state index in [0.717, 1.165) is 29.7 Å². The first kappa shape index (κ1) is 26.7. The van der Waals surface area contributed by atoms with E-state index in [1.165, 1.54) is 4.90 Å². The third-order valence-electron chi connectivity index (χ3n) is 7.75. The van der Waals surface area contributed by atoms with Crippen LogP contribution in [0.1, 0.15) is 86.9 Å². The number of nitrogens with one attached hydrogen (secondary N) is 3. The number of para-hydroxylation sites is 1. The third-order valence-corrected chi connectivity index (χ3v) is 7.75. The van der Waals surface area contributed by atoms with Crippen molar-refractivity contribution < 1.29 is 19.1 Å². The number of carbonyl (C=O) groups is 2. The van der Waals surface area contributed by atoms with Gasteiger partial charge in [0, 0.05) is 30.4 Å². The summed E-state index contributed by atoms with van der Waals surface area (Å²) in [7, 11) is 1.62. The monoisotopic (exact) mass is 506 g/mol. The molecule has 8 nitrogen and oxygen atoms in total. The molecule has 2 aliphatic heterocycles. The fraction of sp³-hybridized carbons (Fsp3) is 0.483. The van der Waals surface area contributed by atoms with Gasteiger partial charge in [-0.25, -0.2) is 0 Å². The molecular formula is C29H38N4O4. The Bertz CT molecular complexity index is 1150. The van der Waals surface area contributed by atoms with E-state index in [4.69, 9.17) is 14.9 Å². The van der Waals surface area contributed by atoms with E-state index < -0.39 is 17.2 Å². The lowest BCUT2D eigenvalue weighted by Gasteiger charge is -2.45. The average molecular weight is 507 g/mol. The zero-order valence-electron chi connectivity index (χ0n) is 22.4. The third kappa shape index (κ3) is 5.21. The molecule has 0 saturated carbocycles. The summed E-state index contributed by atoms with van der Waals surface area (Å²) in [6, 6.07) is 14.3. The molecule has 37 heavy (non-hydrogen) atoms. The van der Waals surface area contributed by atoms with Crippen LogP contribution < -0.4 is 15.4 Å². The van der Waals surface area contributed by atoms with Crippen LogP contribution in [0.3, 0.4) is 0 Å². The lowest BCUT2D eigenvalue weighted by Crippen LogP contribution is -2.62. The van der Waals surface area contributed by atoms with Crippen molar-refractivity contribution in [2.24, 2.45) is 0 Å². The summed E-state index contributed by atoms with van der Waals surface area (Å²) in [5, 5.41) is 15.2. The minimum Gasteiger partial charge on any atom is -0.485 e. The highest BCUT2D eigenvalue weighted by molar-refractivity contribution is 6.00. The van der Waals surface area contributed by atoms with Crippen LogP contribution >= 0.6 is 0 Å². The Morgan fingerprint density at radius 2 is 1.95 bits per heavy atom. The van der Waals surface area contributed by atoms with Gasteiger partial charge in [0.1, 0.15) is 11.4 Å². The lowest BCUT2D eigenvalue weighted by atomic mass is 9.86. The first-order valence-electron chi connectivity index (χ1n) is 13.0. The van der Waals surface area contributed by atoms with Crippen molar-refractivity contribution in [1.82, 2.24) is 15.5 Å². The summed E-state index contributed by atoms with van der Waals surface area (Å²) in [6.07, 6.45) is 2.34. The molecule has 0 unspecified atom stereocenters. The maximum atomic E-state index is 13.4. The Kier molecular flexibility index (Phi) is 7.59. The van der Waals surface area contributed by atoms with Crippen molar-refractivity contribution in [3.05, 3.63) is 65.2 Å². The summed E-state index contributed by atoms with van der Waals surface area (Å²) in [5.74, 6) is 0.554. The molecule has 2 amide bonds. The van der Waals surface area contributed by atoms with Gasteiger partial charge in [-0.05, 0) is 56.9 Å². The summed E-state index contributed by atoms with van der Waals surface area (Å²) in [5.41, 5.74) is 1.23. The van der Waals surface area contributed by atoms with Gasteiger partial charge in [0.15, 0.2) is 5.96 Å². The van der Waals surface area contributed by atoms with Crippen molar-refractivity contribution in [2.75, 3.05) is 13.7 Å². The molecule has 0 radical (unpaired) electrons. The van der Waals surface area contributed by atoms with Crippen LogP contribution in [0.25, 0.3) is 0 Å². The molecule has 2 aliphatic rings. The zero-order chi connectivity index (χ0) is 26.8. The van der Waals surface area contributed by atoms with E-state index in [-0.39, 0.29) is 23.8 Å². The molecule has 198 valence electrons. The summed E-state index contributed by atoms with van der Waals surface area (Å²) < 4.78 is 11.4. The summed E-state index contributed by atoms with van der Waals surface area (Å²) in [6.45, 7) is 8.40. The van der Waals surface area contributed by atoms with Crippen LogP contribution in [0.4, 0.5) is 0 Å². The Morgan fingerprint density at radius 3 is 2.62 bits per heavy atom. The van der Waals surface area contributed by atoms with E-state index in [1.807, 2.05) is 70.2 Å². The molecule has 2 heterocycles. The summed E-state index contributed by atoms with van der Waals surface area (Å²) in [4.78, 5) is 28.3. The Balaban J connectivity index is 1.60. The number of benzene rings is 2. The minimum atomic E-state index is -0.593. The zero-order valence-corrected chi connectivity index (χ0v) is 22.4. The molecule has 2 aromatic carbocycles. The van der Waals surface area contributed by atoms with Gasteiger partial charge in [-0.15, -0.1) is 0 Å². The Morgan fingerprint density at radius 1 is 1.22 bits per heavy atom. The fourth-order valence-electron chi connectivity index (χ4n) is 5.42. The molecule has 0 aliphatic carbocycles. The number of nitrogens with zero attached hydrogens (tertiary/aromatic N) is 1. The van der Waals surface area contributed by atoms with E-state index in [0.29, 0.717) is 25.0 Å². The molecule has 4 rings (SSSR count). The molecule has 2 aromatic rings. The molecule has 0 spiro atoms. The smallest absolute Gasteiger partial charge is 0.251 e. The van der Waals surface area contributed by atoms with E-state index in [1.54, 1.807) is 13.2 Å². The first-order valence-corrected chi connectivity index (χ1v) is 13.0. The molecule has 0 bridgehead atoms. The molecular weight excluding hydrogens is 468 g/mol. The second-order valence-corrected chi connectivity index (χ2v) is 10.5. The number of fused-ring (bicyclic) bond motifs is 1. The topological polar surface area (TPSA) is 104 Å². The molecule has 1 fully saturated rings. The van der Waals surface area contributed by atoms with E-state index >= 15 is 0 Å². The molecule has 8 heteroatoms. The van der Waals surface area contributed by atoms with Gasteiger partial charge in [-0.1, -0.05) is 44.2 Å². The predicted molar refractivity (Wildman–Crippen MR) is 143 cm³/mol. The maximum Gasteiger partial charge on any atom is 0.251 e. The molecule has 0 aromatic heterocycles. The highest BCUT2D eigenvalue weighted by Gasteiger charge is 2.43. The van der Waals surface area contributed by atoms with Gasteiger partial charge in [-0.3, -0.25) is 19.9 Å². The highest BCUT2D eigenvalue weighted by atomic mass is 16.5.